The number of nitro benzene ring substituents is 1. The van der Waals surface area contributed by atoms with Gasteiger partial charge in [0, 0.05) is 17.0 Å². The summed E-state index contributed by atoms with van der Waals surface area (Å²) < 4.78 is 10.6. The van der Waals surface area contributed by atoms with Crippen molar-refractivity contribution in [3.05, 3.63) is 75.5 Å². The van der Waals surface area contributed by atoms with E-state index in [-0.39, 0.29) is 11.3 Å². The summed E-state index contributed by atoms with van der Waals surface area (Å²) in [5, 5.41) is 14.6. The molecule has 1 aromatic heterocycles. The standard InChI is InChI=1S/C20H18N2O6/c1-12-7-8-15(9-16(12)22(25)26)20(24)27-11-19(23)21-13(2)18-10-14-5-3-4-6-17(14)28-18/h3-10,13H,11H2,1-2H3,(H,21,23)/t13-/m1/s1. The molecular formula is C20H18N2O6. The smallest absolute Gasteiger partial charge is 0.338 e. The number of nitrogens with one attached hydrogen (secondary N) is 1. The minimum absolute atomic E-state index is 0.00966. The number of esters is 1. The van der Waals surface area contributed by atoms with Gasteiger partial charge in [0.15, 0.2) is 6.61 Å². The Bertz CT molecular complexity index is 1020. The lowest BCUT2D eigenvalue weighted by molar-refractivity contribution is -0.385. The van der Waals surface area contributed by atoms with Crippen LogP contribution in [0.2, 0.25) is 0 Å². The van der Waals surface area contributed by atoms with Crippen LogP contribution in [0, 0.1) is 17.0 Å². The first-order valence-corrected chi connectivity index (χ1v) is 8.55. The highest BCUT2D eigenvalue weighted by Crippen LogP contribution is 2.23. The number of carbonyl (C=O) groups is 2. The molecule has 0 radical (unpaired) electrons. The Balaban J connectivity index is 1.58. The average molecular weight is 382 g/mol. The van der Waals surface area contributed by atoms with E-state index in [1.807, 2.05) is 30.3 Å². The van der Waals surface area contributed by atoms with E-state index in [0.717, 1.165) is 11.5 Å². The number of fused-ring (bicyclic) bond motifs is 1. The Labute approximate surface area is 160 Å². The molecule has 1 atom stereocenters. The number of nitrogens with zero attached hydrogens (tertiary/aromatic N) is 1. The first-order valence-electron chi connectivity index (χ1n) is 8.55. The van der Waals surface area contributed by atoms with Crippen LogP contribution >= 0.6 is 0 Å². The van der Waals surface area contributed by atoms with Gasteiger partial charge in [0.05, 0.1) is 16.5 Å². The molecule has 2 aromatic carbocycles. The summed E-state index contributed by atoms with van der Waals surface area (Å²) in [6, 6.07) is 12.9. The minimum Gasteiger partial charge on any atom is -0.459 e. The van der Waals surface area contributed by atoms with Gasteiger partial charge in [-0.05, 0) is 32.0 Å². The Morgan fingerprint density at radius 1 is 1.21 bits per heavy atom. The van der Waals surface area contributed by atoms with E-state index < -0.39 is 29.4 Å². The molecule has 0 saturated heterocycles. The van der Waals surface area contributed by atoms with Crippen molar-refractivity contribution in [2.45, 2.75) is 19.9 Å². The summed E-state index contributed by atoms with van der Waals surface area (Å²) in [5.74, 6) is -0.743. The first kappa shape index (κ1) is 19.1. The second-order valence-electron chi connectivity index (χ2n) is 6.31. The fourth-order valence-electron chi connectivity index (χ4n) is 2.72. The van der Waals surface area contributed by atoms with Crippen LogP contribution in [0.15, 0.2) is 52.9 Å². The number of ether oxygens (including phenoxy) is 1. The number of aryl methyl sites for hydroxylation is 1. The molecule has 0 spiro atoms. The van der Waals surface area contributed by atoms with Gasteiger partial charge in [0.2, 0.25) is 0 Å². The molecule has 144 valence electrons. The number of amides is 1. The van der Waals surface area contributed by atoms with Crippen molar-refractivity contribution in [2.75, 3.05) is 6.61 Å². The van der Waals surface area contributed by atoms with Crippen LogP contribution in [0.25, 0.3) is 11.0 Å². The monoisotopic (exact) mass is 382 g/mol. The van der Waals surface area contributed by atoms with E-state index in [9.17, 15) is 19.7 Å². The number of hydrogen-bond donors (Lipinski definition) is 1. The zero-order valence-electron chi connectivity index (χ0n) is 15.3. The van der Waals surface area contributed by atoms with Crippen molar-refractivity contribution < 1.29 is 23.7 Å². The van der Waals surface area contributed by atoms with E-state index in [0.29, 0.717) is 16.9 Å². The summed E-state index contributed by atoms with van der Waals surface area (Å²) in [6.07, 6.45) is 0. The molecule has 3 rings (SSSR count). The molecule has 1 N–H and O–H groups in total. The number of furan rings is 1. The molecule has 0 aliphatic heterocycles. The van der Waals surface area contributed by atoms with Gasteiger partial charge >= 0.3 is 5.97 Å². The largest absolute Gasteiger partial charge is 0.459 e. The molecule has 3 aromatic rings. The molecule has 0 aliphatic carbocycles. The van der Waals surface area contributed by atoms with Crippen LogP contribution in [-0.4, -0.2) is 23.4 Å². The van der Waals surface area contributed by atoms with E-state index in [4.69, 9.17) is 9.15 Å². The summed E-state index contributed by atoms with van der Waals surface area (Å²) in [7, 11) is 0. The number of benzene rings is 2. The van der Waals surface area contributed by atoms with Gasteiger partial charge in [-0.1, -0.05) is 24.3 Å². The first-order chi connectivity index (χ1) is 13.3. The summed E-state index contributed by atoms with van der Waals surface area (Å²) in [5.41, 5.74) is 0.970. The van der Waals surface area contributed by atoms with E-state index in [1.165, 1.54) is 12.1 Å². The maximum absolute atomic E-state index is 12.1. The van der Waals surface area contributed by atoms with Crippen LogP contribution < -0.4 is 5.32 Å². The van der Waals surface area contributed by atoms with Crippen molar-refractivity contribution in [1.29, 1.82) is 0 Å². The lowest BCUT2D eigenvalue weighted by Gasteiger charge is -2.11. The average Bonchev–Trinajstić information content (AvgIpc) is 3.10. The SMILES string of the molecule is Cc1ccc(C(=O)OCC(=O)N[C@H](C)c2cc3ccccc3o2)cc1[N+](=O)[O-]. The number of para-hydroxylation sites is 1. The van der Waals surface area contributed by atoms with Crippen molar-refractivity contribution in [3.8, 4) is 0 Å². The Hall–Kier alpha value is -3.68. The predicted octanol–water partition coefficient (Wildman–Crippen LogP) is 3.68. The fourth-order valence-corrected chi connectivity index (χ4v) is 2.72. The fraction of sp³-hybridized carbons (Fsp3) is 0.200. The summed E-state index contributed by atoms with van der Waals surface area (Å²) >= 11 is 0. The summed E-state index contributed by atoms with van der Waals surface area (Å²) in [6.45, 7) is 2.81. The third kappa shape index (κ3) is 4.17. The van der Waals surface area contributed by atoms with Crippen molar-refractivity contribution in [1.82, 2.24) is 5.32 Å². The molecule has 0 saturated carbocycles. The highest BCUT2D eigenvalue weighted by atomic mass is 16.6. The third-order valence-electron chi connectivity index (χ3n) is 4.22. The molecule has 8 nitrogen and oxygen atoms in total. The van der Waals surface area contributed by atoms with Crippen molar-refractivity contribution in [3.63, 3.8) is 0 Å². The molecule has 1 heterocycles. The lowest BCUT2D eigenvalue weighted by atomic mass is 10.1. The van der Waals surface area contributed by atoms with E-state index in [1.54, 1.807) is 13.8 Å². The van der Waals surface area contributed by atoms with Crippen LogP contribution in [0.1, 0.15) is 34.6 Å². The molecular weight excluding hydrogens is 364 g/mol. The Kier molecular flexibility index (Phi) is 5.39. The van der Waals surface area contributed by atoms with Crippen molar-refractivity contribution in [2.24, 2.45) is 0 Å². The van der Waals surface area contributed by atoms with Crippen LogP contribution in [0.4, 0.5) is 5.69 Å². The zero-order chi connectivity index (χ0) is 20.3. The maximum Gasteiger partial charge on any atom is 0.338 e. The van der Waals surface area contributed by atoms with E-state index >= 15 is 0 Å². The van der Waals surface area contributed by atoms with Gasteiger partial charge in [-0.15, -0.1) is 0 Å². The lowest BCUT2D eigenvalue weighted by Crippen LogP contribution is -2.31. The van der Waals surface area contributed by atoms with E-state index in [2.05, 4.69) is 5.32 Å². The Morgan fingerprint density at radius 3 is 2.68 bits per heavy atom. The van der Waals surface area contributed by atoms with Gasteiger partial charge in [-0.25, -0.2) is 4.79 Å². The van der Waals surface area contributed by atoms with Gasteiger partial charge in [0.1, 0.15) is 11.3 Å². The number of hydrogen-bond acceptors (Lipinski definition) is 6. The highest BCUT2D eigenvalue weighted by molar-refractivity contribution is 5.92. The zero-order valence-corrected chi connectivity index (χ0v) is 15.3. The normalized spacial score (nSPS) is 11.8. The van der Waals surface area contributed by atoms with Crippen molar-refractivity contribution >= 4 is 28.5 Å². The second kappa shape index (κ2) is 7.91. The van der Waals surface area contributed by atoms with Crippen LogP contribution in [-0.2, 0) is 9.53 Å². The number of carbonyl (C=O) groups excluding carboxylic acids is 2. The molecule has 8 heteroatoms. The number of rotatable bonds is 6. The molecule has 28 heavy (non-hydrogen) atoms. The maximum atomic E-state index is 12.1. The third-order valence-corrected chi connectivity index (χ3v) is 4.22. The van der Waals surface area contributed by atoms with Crippen LogP contribution in [0.5, 0.6) is 0 Å². The molecule has 0 bridgehead atoms. The Morgan fingerprint density at radius 2 is 1.96 bits per heavy atom. The van der Waals surface area contributed by atoms with Gasteiger partial charge < -0.3 is 14.5 Å². The van der Waals surface area contributed by atoms with Gasteiger partial charge in [0.25, 0.3) is 11.6 Å². The topological polar surface area (TPSA) is 112 Å². The number of nitro groups is 1. The quantitative estimate of drug-likeness (QED) is 0.395. The molecule has 1 amide bonds. The minimum atomic E-state index is -0.811. The summed E-state index contributed by atoms with van der Waals surface area (Å²) in [4.78, 5) is 34.5. The molecule has 0 aliphatic rings. The molecule has 0 unspecified atom stereocenters. The predicted molar refractivity (Wildman–Crippen MR) is 101 cm³/mol. The van der Waals surface area contributed by atoms with Crippen LogP contribution in [0.3, 0.4) is 0 Å². The highest BCUT2D eigenvalue weighted by Gasteiger charge is 2.18. The van der Waals surface area contributed by atoms with Gasteiger partial charge in [-0.2, -0.15) is 0 Å². The molecule has 0 fully saturated rings. The second-order valence-corrected chi connectivity index (χ2v) is 6.31. The van der Waals surface area contributed by atoms with Gasteiger partial charge in [-0.3, -0.25) is 14.9 Å².